The van der Waals surface area contributed by atoms with Gasteiger partial charge in [0.15, 0.2) is 0 Å². The van der Waals surface area contributed by atoms with Crippen molar-refractivity contribution in [3.05, 3.63) is 16.4 Å². The molecule has 1 aliphatic carbocycles. The zero-order valence-corrected chi connectivity index (χ0v) is 12.9. The predicted octanol–water partition coefficient (Wildman–Crippen LogP) is 1.82. The zero-order valence-electron chi connectivity index (χ0n) is 12.2. The minimum atomic E-state index is -0.194. The smallest absolute Gasteiger partial charge is 0.241 e. The number of halogens is 1. The standard InChI is InChI=1S/C14H22ClN3O2/c1-4-12(10-5-11(19)6-10)16-13(20)7-18-9(3)14(15)8(2)17-18/h10-12,19H,4-7H2,1-3H3,(H,16,20). The molecule has 1 aromatic heterocycles. The molecule has 0 aromatic carbocycles. The Labute approximate surface area is 124 Å². The van der Waals surface area contributed by atoms with Crippen LogP contribution in [0.1, 0.15) is 37.6 Å². The van der Waals surface area contributed by atoms with E-state index in [0.717, 1.165) is 30.7 Å². The van der Waals surface area contributed by atoms with Gasteiger partial charge in [-0.15, -0.1) is 0 Å². The molecule has 1 aromatic rings. The number of aryl methyl sites for hydroxylation is 1. The average molecular weight is 300 g/mol. The molecular weight excluding hydrogens is 278 g/mol. The lowest BCUT2D eigenvalue weighted by molar-refractivity contribution is -0.123. The fourth-order valence-corrected chi connectivity index (χ4v) is 2.86. The highest BCUT2D eigenvalue weighted by Gasteiger charge is 2.33. The topological polar surface area (TPSA) is 67.2 Å². The van der Waals surface area contributed by atoms with E-state index in [-0.39, 0.29) is 24.6 Å². The Bertz CT molecular complexity index is 495. The van der Waals surface area contributed by atoms with Crippen LogP contribution in [0.3, 0.4) is 0 Å². The first-order valence-electron chi connectivity index (χ1n) is 7.09. The number of carbonyl (C=O) groups is 1. The third-order valence-electron chi connectivity index (χ3n) is 4.09. The van der Waals surface area contributed by atoms with Crippen LogP contribution in [-0.4, -0.2) is 32.9 Å². The Morgan fingerprint density at radius 3 is 2.65 bits per heavy atom. The number of hydrogen-bond donors (Lipinski definition) is 2. The summed E-state index contributed by atoms with van der Waals surface area (Å²) in [5, 5.41) is 17.3. The number of amides is 1. The molecule has 2 rings (SSSR count). The lowest BCUT2D eigenvalue weighted by atomic mass is 9.76. The third-order valence-corrected chi connectivity index (χ3v) is 4.64. The molecule has 2 N–H and O–H groups in total. The molecule has 0 bridgehead atoms. The summed E-state index contributed by atoms with van der Waals surface area (Å²) < 4.78 is 1.63. The highest BCUT2D eigenvalue weighted by molar-refractivity contribution is 6.31. The van der Waals surface area contributed by atoms with Crippen molar-refractivity contribution >= 4 is 17.5 Å². The maximum atomic E-state index is 12.1. The molecule has 1 amide bonds. The van der Waals surface area contributed by atoms with Gasteiger partial charge in [-0.25, -0.2) is 0 Å². The Hall–Kier alpha value is -1.07. The molecule has 0 spiro atoms. The average Bonchev–Trinajstić information content (AvgIpc) is 2.60. The highest BCUT2D eigenvalue weighted by Crippen LogP contribution is 2.31. The molecule has 20 heavy (non-hydrogen) atoms. The molecule has 1 unspecified atom stereocenters. The van der Waals surface area contributed by atoms with Gasteiger partial charge in [0.25, 0.3) is 0 Å². The van der Waals surface area contributed by atoms with E-state index in [1.807, 2.05) is 13.8 Å². The SMILES string of the molecule is CCC(NC(=O)Cn1nc(C)c(Cl)c1C)C1CC(O)C1. The summed E-state index contributed by atoms with van der Waals surface area (Å²) in [7, 11) is 0. The normalized spacial score (nSPS) is 23.2. The van der Waals surface area contributed by atoms with Crippen molar-refractivity contribution in [2.45, 2.75) is 58.7 Å². The maximum absolute atomic E-state index is 12.1. The molecule has 112 valence electrons. The van der Waals surface area contributed by atoms with Gasteiger partial charge in [0, 0.05) is 6.04 Å². The zero-order chi connectivity index (χ0) is 14.9. The first-order chi connectivity index (χ1) is 9.42. The number of aromatic nitrogens is 2. The van der Waals surface area contributed by atoms with Gasteiger partial charge in [-0.05, 0) is 39.0 Å². The Kier molecular flexibility index (Phi) is 4.70. The molecule has 1 aliphatic rings. The van der Waals surface area contributed by atoms with Crippen LogP contribution in [0.5, 0.6) is 0 Å². The molecule has 0 radical (unpaired) electrons. The maximum Gasteiger partial charge on any atom is 0.241 e. The lowest BCUT2D eigenvalue weighted by Crippen LogP contribution is -2.47. The van der Waals surface area contributed by atoms with Crippen molar-refractivity contribution in [2.75, 3.05) is 0 Å². The van der Waals surface area contributed by atoms with Crippen LogP contribution < -0.4 is 5.32 Å². The van der Waals surface area contributed by atoms with Crippen molar-refractivity contribution in [1.82, 2.24) is 15.1 Å². The van der Waals surface area contributed by atoms with Gasteiger partial charge in [0.2, 0.25) is 5.91 Å². The Balaban J connectivity index is 1.92. The van der Waals surface area contributed by atoms with Crippen LogP contribution in [0.4, 0.5) is 0 Å². The highest BCUT2D eigenvalue weighted by atomic mass is 35.5. The second-order valence-electron chi connectivity index (χ2n) is 5.61. The lowest BCUT2D eigenvalue weighted by Gasteiger charge is -2.37. The molecular formula is C14H22ClN3O2. The monoisotopic (exact) mass is 299 g/mol. The fraction of sp³-hybridized carbons (Fsp3) is 0.714. The van der Waals surface area contributed by atoms with E-state index in [0.29, 0.717) is 10.9 Å². The number of aliphatic hydroxyl groups excluding tert-OH is 1. The molecule has 6 heteroatoms. The van der Waals surface area contributed by atoms with E-state index in [4.69, 9.17) is 11.6 Å². The quantitative estimate of drug-likeness (QED) is 0.871. The summed E-state index contributed by atoms with van der Waals surface area (Å²) in [5.74, 6) is 0.337. The Morgan fingerprint density at radius 2 is 2.20 bits per heavy atom. The summed E-state index contributed by atoms with van der Waals surface area (Å²) in [4.78, 5) is 12.1. The first kappa shape index (κ1) is 15.3. The van der Waals surface area contributed by atoms with Crippen LogP contribution in [0.2, 0.25) is 5.02 Å². The predicted molar refractivity (Wildman–Crippen MR) is 77.7 cm³/mol. The van der Waals surface area contributed by atoms with Gasteiger partial charge in [0.1, 0.15) is 6.54 Å². The number of carbonyl (C=O) groups excluding carboxylic acids is 1. The fourth-order valence-electron chi connectivity index (χ4n) is 2.73. The first-order valence-corrected chi connectivity index (χ1v) is 7.47. The van der Waals surface area contributed by atoms with Crippen LogP contribution in [0.15, 0.2) is 0 Å². The largest absolute Gasteiger partial charge is 0.393 e. The number of hydrogen-bond acceptors (Lipinski definition) is 3. The number of rotatable bonds is 5. The van der Waals surface area contributed by atoms with Gasteiger partial charge in [-0.3, -0.25) is 9.48 Å². The van der Waals surface area contributed by atoms with E-state index in [1.165, 1.54) is 0 Å². The van der Waals surface area contributed by atoms with E-state index in [2.05, 4.69) is 17.3 Å². The summed E-state index contributed by atoms with van der Waals surface area (Å²) >= 11 is 6.07. The van der Waals surface area contributed by atoms with E-state index in [1.54, 1.807) is 4.68 Å². The number of nitrogens with zero attached hydrogens (tertiary/aromatic N) is 2. The third kappa shape index (κ3) is 3.15. The summed E-state index contributed by atoms with van der Waals surface area (Å²) in [6.45, 7) is 5.92. The van der Waals surface area contributed by atoms with E-state index >= 15 is 0 Å². The number of aliphatic hydroxyl groups is 1. The molecule has 1 fully saturated rings. The summed E-state index contributed by atoms with van der Waals surface area (Å²) in [5.41, 5.74) is 1.55. The minimum Gasteiger partial charge on any atom is -0.393 e. The molecule has 0 saturated heterocycles. The molecule has 0 aliphatic heterocycles. The second kappa shape index (κ2) is 6.14. The molecule has 1 saturated carbocycles. The van der Waals surface area contributed by atoms with Crippen LogP contribution >= 0.6 is 11.6 Å². The van der Waals surface area contributed by atoms with Crippen molar-refractivity contribution < 1.29 is 9.90 Å². The van der Waals surface area contributed by atoms with Gasteiger partial charge in [-0.2, -0.15) is 5.10 Å². The van der Waals surface area contributed by atoms with Crippen LogP contribution in [0, 0.1) is 19.8 Å². The van der Waals surface area contributed by atoms with Gasteiger partial charge in [0.05, 0.1) is 22.5 Å². The minimum absolute atomic E-state index is 0.0551. The number of nitrogens with one attached hydrogen (secondary N) is 1. The van der Waals surface area contributed by atoms with Gasteiger partial charge < -0.3 is 10.4 Å². The molecule has 1 atom stereocenters. The second-order valence-corrected chi connectivity index (χ2v) is 5.99. The van der Waals surface area contributed by atoms with Gasteiger partial charge >= 0.3 is 0 Å². The van der Waals surface area contributed by atoms with E-state index < -0.39 is 0 Å². The van der Waals surface area contributed by atoms with E-state index in [9.17, 15) is 9.90 Å². The van der Waals surface area contributed by atoms with Crippen LogP contribution in [0.25, 0.3) is 0 Å². The van der Waals surface area contributed by atoms with Gasteiger partial charge in [-0.1, -0.05) is 18.5 Å². The van der Waals surface area contributed by atoms with Crippen molar-refractivity contribution in [3.8, 4) is 0 Å². The van der Waals surface area contributed by atoms with Crippen molar-refractivity contribution in [2.24, 2.45) is 5.92 Å². The summed E-state index contributed by atoms with van der Waals surface area (Å²) in [6, 6.07) is 0.137. The van der Waals surface area contributed by atoms with Crippen molar-refractivity contribution in [3.63, 3.8) is 0 Å². The molecule has 5 nitrogen and oxygen atoms in total. The Morgan fingerprint density at radius 1 is 1.55 bits per heavy atom. The van der Waals surface area contributed by atoms with Crippen molar-refractivity contribution in [1.29, 1.82) is 0 Å². The summed E-state index contributed by atoms with van der Waals surface area (Å²) in [6.07, 6.45) is 2.25. The molecule has 1 heterocycles. The van der Waals surface area contributed by atoms with Crippen LogP contribution in [-0.2, 0) is 11.3 Å².